The molecule has 100 valence electrons. The number of pyridine rings is 1. The largest absolute Gasteiger partial charge is 0.417 e. The summed E-state index contributed by atoms with van der Waals surface area (Å²) in [5, 5.41) is 3.84. The Morgan fingerprint density at radius 1 is 1.33 bits per heavy atom. The smallest absolute Gasteiger partial charge is 0.367 e. The Kier molecular flexibility index (Phi) is 4.04. The summed E-state index contributed by atoms with van der Waals surface area (Å²) >= 11 is 1.84. The first-order valence-corrected chi connectivity index (χ1v) is 7.10. The molecule has 1 fully saturated rings. The molecule has 1 N–H and O–H groups in total. The molecule has 0 spiro atoms. The highest BCUT2D eigenvalue weighted by atomic mass is 32.2. The molecule has 0 amide bonds. The van der Waals surface area contributed by atoms with Crippen molar-refractivity contribution < 1.29 is 13.2 Å². The van der Waals surface area contributed by atoms with Crippen LogP contribution in [-0.2, 0) is 6.18 Å². The van der Waals surface area contributed by atoms with Crippen LogP contribution in [-0.4, -0.2) is 22.5 Å². The Hall–Kier alpha value is -0.910. The Labute approximate surface area is 108 Å². The van der Waals surface area contributed by atoms with Crippen LogP contribution in [0.15, 0.2) is 18.3 Å². The van der Waals surface area contributed by atoms with Gasteiger partial charge in [0, 0.05) is 17.5 Å². The molecule has 0 bridgehead atoms. The summed E-state index contributed by atoms with van der Waals surface area (Å²) < 4.78 is 37.1. The molecule has 2 unspecified atom stereocenters. The van der Waals surface area contributed by atoms with Crippen molar-refractivity contribution in [2.45, 2.75) is 36.7 Å². The van der Waals surface area contributed by atoms with Crippen LogP contribution >= 0.6 is 11.8 Å². The molecule has 2 atom stereocenters. The highest BCUT2D eigenvalue weighted by Gasteiger charge is 2.31. The van der Waals surface area contributed by atoms with E-state index in [0.717, 1.165) is 31.5 Å². The third-order valence-electron chi connectivity index (χ3n) is 3.16. The van der Waals surface area contributed by atoms with Crippen LogP contribution in [0.2, 0.25) is 0 Å². The first kappa shape index (κ1) is 13.5. The lowest BCUT2D eigenvalue weighted by Gasteiger charge is -2.14. The van der Waals surface area contributed by atoms with Gasteiger partial charge in [-0.15, -0.1) is 0 Å². The number of aromatic nitrogens is 1. The van der Waals surface area contributed by atoms with E-state index in [1.807, 2.05) is 11.8 Å². The van der Waals surface area contributed by atoms with Crippen LogP contribution < -0.4 is 5.32 Å². The van der Waals surface area contributed by atoms with Gasteiger partial charge in [0.05, 0.1) is 5.56 Å². The maximum atomic E-state index is 12.4. The number of hydrogen-bond donors (Lipinski definition) is 1. The van der Waals surface area contributed by atoms with Gasteiger partial charge in [-0.3, -0.25) is 0 Å². The molecule has 0 aliphatic heterocycles. The number of anilines is 1. The summed E-state index contributed by atoms with van der Waals surface area (Å²) in [6.45, 7) is 0. The van der Waals surface area contributed by atoms with Gasteiger partial charge in [0.1, 0.15) is 5.82 Å². The molecule has 2 nitrogen and oxygen atoms in total. The number of rotatable bonds is 3. The minimum atomic E-state index is -4.32. The monoisotopic (exact) mass is 276 g/mol. The second-order valence-corrected chi connectivity index (χ2v) is 5.58. The van der Waals surface area contributed by atoms with Crippen molar-refractivity contribution in [1.29, 1.82) is 0 Å². The second kappa shape index (κ2) is 5.38. The van der Waals surface area contributed by atoms with Crippen LogP contribution in [0.1, 0.15) is 24.8 Å². The lowest BCUT2D eigenvalue weighted by molar-refractivity contribution is -0.137. The van der Waals surface area contributed by atoms with E-state index >= 15 is 0 Å². The van der Waals surface area contributed by atoms with Gasteiger partial charge in [-0.2, -0.15) is 24.9 Å². The highest BCUT2D eigenvalue weighted by molar-refractivity contribution is 7.99. The summed E-state index contributed by atoms with van der Waals surface area (Å²) in [5.74, 6) is 0.523. The molecule has 1 aliphatic rings. The lowest BCUT2D eigenvalue weighted by atomic mass is 10.2. The van der Waals surface area contributed by atoms with E-state index in [4.69, 9.17) is 0 Å². The Morgan fingerprint density at radius 3 is 2.61 bits per heavy atom. The van der Waals surface area contributed by atoms with Gasteiger partial charge in [-0.25, -0.2) is 4.98 Å². The van der Waals surface area contributed by atoms with E-state index in [1.165, 1.54) is 6.07 Å². The minimum absolute atomic E-state index is 0.326. The van der Waals surface area contributed by atoms with E-state index in [-0.39, 0.29) is 0 Å². The quantitative estimate of drug-likeness (QED) is 0.909. The second-order valence-electron chi connectivity index (χ2n) is 4.44. The third-order valence-corrected chi connectivity index (χ3v) is 4.26. The average molecular weight is 276 g/mol. The predicted octanol–water partition coefficient (Wildman–Crippen LogP) is 3.80. The number of thioether (sulfide) groups is 1. The van der Waals surface area contributed by atoms with Gasteiger partial charge >= 0.3 is 6.18 Å². The fourth-order valence-electron chi connectivity index (χ4n) is 2.14. The van der Waals surface area contributed by atoms with Crippen molar-refractivity contribution in [3.63, 3.8) is 0 Å². The predicted molar refractivity (Wildman–Crippen MR) is 67.8 cm³/mol. The minimum Gasteiger partial charge on any atom is -0.367 e. The summed E-state index contributed by atoms with van der Waals surface area (Å²) in [5.41, 5.74) is -0.707. The fourth-order valence-corrected chi connectivity index (χ4v) is 2.94. The van der Waals surface area contributed by atoms with Gasteiger partial charge in [0.15, 0.2) is 0 Å². The number of hydrogen-bond acceptors (Lipinski definition) is 3. The number of nitrogens with zero attached hydrogens (tertiary/aromatic N) is 1. The third kappa shape index (κ3) is 3.31. The zero-order valence-corrected chi connectivity index (χ0v) is 10.8. The SMILES string of the molecule is CSC1CCC(Nc2ccc(C(F)(F)F)cn2)C1. The molecule has 1 aliphatic carbocycles. The van der Waals surface area contributed by atoms with Crippen molar-refractivity contribution in [2.24, 2.45) is 0 Å². The van der Waals surface area contributed by atoms with Crippen molar-refractivity contribution in [3.05, 3.63) is 23.9 Å². The number of nitrogens with one attached hydrogen (secondary N) is 1. The molecule has 1 heterocycles. The lowest BCUT2D eigenvalue weighted by Crippen LogP contribution is -2.17. The molecule has 1 aromatic heterocycles. The topological polar surface area (TPSA) is 24.9 Å². The first-order valence-electron chi connectivity index (χ1n) is 5.81. The zero-order chi connectivity index (χ0) is 13.2. The maximum absolute atomic E-state index is 12.4. The zero-order valence-electron chi connectivity index (χ0n) is 10.00. The van der Waals surface area contributed by atoms with E-state index in [9.17, 15) is 13.2 Å². The van der Waals surface area contributed by atoms with Crippen LogP contribution in [0.4, 0.5) is 19.0 Å². The van der Waals surface area contributed by atoms with Crippen LogP contribution in [0.3, 0.4) is 0 Å². The molecule has 18 heavy (non-hydrogen) atoms. The highest BCUT2D eigenvalue weighted by Crippen LogP contribution is 2.31. The summed E-state index contributed by atoms with van der Waals surface area (Å²) in [4.78, 5) is 3.82. The molecular weight excluding hydrogens is 261 g/mol. The summed E-state index contributed by atoms with van der Waals surface area (Å²) in [7, 11) is 0. The number of alkyl halides is 3. The molecule has 2 rings (SSSR count). The van der Waals surface area contributed by atoms with E-state index in [1.54, 1.807) is 0 Å². The van der Waals surface area contributed by atoms with Gasteiger partial charge in [-0.1, -0.05) is 0 Å². The van der Waals surface area contributed by atoms with Gasteiger partial charge < -0.3 is 5.32 Å². The Balaban J connectivity index is 1.95. The molecule has 1 aromatic rings. The molecule has 1 saturated carbocycles. The van der Waals surface area contributed by atoms with Crippen molar-refractivity contribution in [2.75, 3.05) is 11.6 Å². The van der Waals surface area contributed by atoms with Gasteiger partial charge in [-0.05, 0) is 37.7 Å². The van der Waals surface area contributed by atoms with E-state index < -0.39 is 11.7 Å². The molecule has 0 aromatic carbocycles. The standard InChI is InChI=1S/C12H15F3N2S/c1-18-10-4-3-9(6-10)17-11-5-2-8(7-16-11)12(13,14)15/h2,5,7,9-10H,3-4,6H2,1H3,(H,16,17). The Morgan fingerprint density at radius 2 is 2.11 bits per heavy atom. The molecular formula is C12H15F3N2S. The van der Waals surface area contributed by atoms with Crippen LogP contribution in [0.25, 0.3) is 0 Å². The average Bonchev–Trinajstić information content (AvgIpc) is 2.76. The van der Waals surface area contributed by atoms with Crippen molar-refractivity contribution in [3.8, 4) is 0 Å². The van der Waals surface area contributed by atoms with Crippen molar-refractivity contribution >= 4 is 17.6 Å². The van der Waals surface area contributed by atoms with Crippen LogP contribution in [0, 0.1) is 0 Å². The van der Waals surface area contributed by atoms with E-state index in [0.29, 0.717) is 17.1 Å². The number of halogens is 3. The molecule has 6 heteroatoms. The Bertz CT molecular complexity index is 391. The van der Waals surface area contributed by atoms with Crippen molar-refractivity contribution in [1.82, 2.24) is 4.98 Å². The maximum Gasteiger partial charge on any atom is 0.417 e. The van der Waals surface area contributed by atoms with E-state index in [2.05, 4.69) is 16.6 Å². The van der Waals surface area contributed by atoms with Gasteiger partial charge in [0.2, 0.25) is 0 Å². The summed E-state index contributed by atoms with van der Waals surface area (Å²) in [6, 6.07) is 2.79. The molecule has 0 radical (unpaired) electrons. The van der Waals surface area contributed by atoms with Crippen LogP contribution in [0.5, 0.6) is 0 Å². The fraction of sp³-hybridized carbons (Fsp3) is 0.583. The normalized spacial score (nSPS) is 24.2. The van der Waals surface area contributed by atoms with Gasteiger partial charge in [0.25, 0.3) is 0 Å². The summed E-state index contributed by atoms with van der Waals surface area (Å²) in [6.07, 6.45) is 1.90. The first-order chi connectivity index (χ1) is 8.49. The molecule has 0 saturated heterocycles.